The van der Waals surface area contributed by atoms with E-state index in [-0.39, 0.29) is 5.69 Å². The van der Waals surface area contributed by atoms with Gasteiger partial charge in [0.05, 0.1) is 11.9 Å². The molecule has 1 heterocycles. The van der Waals surface area contributed by atoms with Gasteiger partial charge in [-0.3, -0.25) is 9.10 Å². The molecule has 0 bridgehead atoms. The summed E-state index contributed by atoms with van der Waals surface area (Å²) in [4.78, 5) is 17.3. The third kappa shape index (κ3) is 5.50. The van der Waals surface area contributed by atoms with Gasteiger partial charge in [0.2, 0.25) is 15.9 Å². The number of hydrogen-bond acceptors (Lipinski definition) is 5. The first-order chi connectivity index (χ1) is 14.6. The predicted octanol–water partition coefficient (Wildman–Crippen LogP) is 2.51. The van der Waals surface area contributed by atoms with Crippen LogP contribution in [0.4, 0.5) is 25.8 Å². The SMILES string of the molecule is C[C@@H](C(=O)Nc1ccc(N2CCN(C)CC2)cc1)N(c1ccc(F)c(F)c1)S(C)(=O)=O. The van der Waals surface area contributed by atoms with Crippen LogP contribution in [0, 0.1) is 11.6 Å². The Bertz CT molecular complexity index is 1040. The van der Waals surface area contributed by atoms with E-state index in [0.29, 0.717) is 5.69 Å². The lowest BCUT2D eigenvalue weighted by molar-refractivity contribution is -0.116. The van der Waals surface area contributed by atoms with Crippen molar-refractivity contribution in [2.45, 2.75) is 13.0 Å². The monoisotopic (exact) mass is 452 g/mol. The van der Waals surface area contributed by atoms with Crippen LogP contribution in [0.5, 0.6) is 0 Å². The lowest BCUT2D eigenvalue weighted by atomic mass is 10.2. The fraction of sp³-hybridized carbons (Fsp3) is 0.381. The average molecular weight is 453 g/mol. The number of amides is 1. The van der Waals surface area contributed by atoms with Crippen LogP contribution in [0.15, 0.2) is 42.5 Å². The maximum atomic E-state index is 13.6. The second-order valence-electron chi connectivity index (χ2n) is 7.66. The van der Waals surface area contributed by atoms with Crippen molar-refractivity contribution in [3.05, 3.63) is 54.1 Å². The molecule has 0 radical (unpaired) electrons. The Labute approximate surface area is 181 Å². The number of benzene rings is 2. The van der Waals surface area contributed by atoms with Gasteiger partial charge in [0.15, 0.2) is 11.6 Å². The predicted molar refractivity (Wildman–Crippen MR) is 118 cm³/mol. The zero-order valence-electron chi connectivity index (χ0n) is 17.7. The third-order valence-electron chi connectivity index (χ3n) is 5.25. The standard InChI is InChI=1S/C21H26F2N4O3S/c1-15(27(31(3,29)30)18-8-9-19(22)20(23)14-18)21(28)24-16-4-6-17(7-5-16)26-12-10-25(2)11-13-26/h4-9,14-15H,10-13H2,1-3H3,(H,24,28)/t15-/m0/s1. The van der Waals surface area contributed by atoms with E-state index in [9.17, 15) is 22.0 Å². The Kier molecular flexibility index (Phi) is 6.80. The molecule has 168 valence electrons. The highest BCUT2D eigenvalue weighted by atomic mass is 32.2. The summed E-state index contributed by atoms with van der Waals surface area (Å²) in [5, 5.41) is 2.69. The van der Waals surface area contributed by atoms with Crippen molar-refractivity contribution in [3.8, 4) is 0 Å². The van der Waals surface area contributed by atoms with E-state index in [1.807, 2.05) is 12.1 Å². The van der Waals surface area contributed by atoms with Crippen LogP contribution in [0.2, 0.25) is 0 Å². The van der Waals surface area contributed by atoms with Gasteiger partial charge in [0.25, 0.3) is 0 Å². The molecule has 0 saturated carbocycles. The summed E-state index contributed by atoms with van der Waals surface area (Å²) in [6.45, 7) is 5.16. The average Bonchev–Trinajstić information content (AvgIpc) is 2.71. The fourth-order valence-corrected chi connectivity index (χ4v) is 4.66. The van der Waals surface area contributed by atoms with Crippen molar-refractivity contribution >= 4 is 33.0 Å². The zero-order valence-corrected chi connectivity index (χ0v) is 18.5. The molecule has 0 unspecified atom stereocenters. The first-order valence-electron chi connectivity index (χ1n) is 9.85. The van der Waals surface area contributed by atoms with E-state index in [2.05, 4.69) is 22.2 Å². The molecule has 7 nitrogen and oxygen atoms in total. The van der Waals surface area contributed by atoms with Gasteiger partial charge in [-0.05, 0) is 50.4 Å². The molecule has 1 atom stereocenters. The van der Waals surface area contributed by atoms with E-state index in [0.717, 1.165) is 60.6 Å². The number of halogens is 2. The van der Waals surface area contributed by atoms with Crippen molar-refractivity contribution in [2.75, 3.05) is 54.0 Å². The Balaban J connectivity index is 1.74. The first-order valence-corrected chi connectivity index (χ1v) is 11.7. The van der Waals surface area contributed by atoms with Gasteiger partial charge in [-0.2, -0.15) is 0 Å². The lowest BCUT2D eigenvalue weighted by Crippen LogP contribution is -2.45. The number of nitrogens with one attached hydrogen (secondary N) is 1. The molecule has 2 aromatic carbocycles. The lowest BCUT2D eigenvalue weighted by Gasteiger charge is -2.34. The molecule has 0 spiro atoms. The molecule has 1 saturated heterocycles. The molecular weight excluding hydrogens is 426 g/mol. The van der Waals surface area contributed by atoms with Crippen molar-refractivity contribution in [2.24, 2.45) is 0 Å². The smallest absolute Gasteiger partial charge is 0.247 e. The number of rotatable bonds is 6. The van der Waals surface area contributed by atoms with E-state index >= 15 is 0 Å². The summed E-state index contributed by atoms with van der Waals surface area (Å²) in [6, 6.07) is 8.81. The molecule has 1 aliphatic rings. The van der Waals surface area contributed by atoms with Crippen LogP contribution in [0.25, 0.3) is 0 Å². The molecule has 10 heteroatoms. The first kappa shape index (κ1) is 23.0. The molecular formula is C21H26F2N4O3S. The Morgan fingerprint density at radius 2 is 1.65 bits per heavy atom. The summed E-state index contributed by atoms with van der Waals surface area (Å²) in [5.41, 5.74) is 1.42. The molecule has 0 aromatic heterocycles. The number of nitrogens with zero attached hydrogens (tertiary/aromatic N) is 3. The van der Waals surface area contributed by atoms with Crippen molar-refractivity contribution in [1.29, 1.82) is 0 Å². The van der Waals surface area contributed by atoms with Crippen molar-refractivity contribution < 1.29 is 22.0 Å². The Morgan fingerprint density at radius 1 is 1.03 bits per heavy atom. The molecule has 2 aromatic rings. The van der Waals surface area contributed by atoms with E-state index < -0.39 is 33.6 Å². The molecule has 31 heavy (non-hydrogen) atoms. The highest BCUT2D eigenvalue weighted by Crippen LogP contribution is 2.24. The molecule has 1 fully saturated rings. The van der Waals surface area contributed by atoms with Gasteiger partial charge in [-0.25, -0.2) is 17.2 Å². The molecule has 3 rings (SSSR count). The largest absolute Gasteiger partial charge is 0.369 e. The van der Waals surface area contributed by atoms with E-state index in [1.54, 1.807) is 12.1 Å². The normalized spacial score (nSPS) is 16.1. The second-order valence-corrected chi connectivity index (χ2v) is 9.52. The summed E-state index contributed by atoms with van der Waals surface area (Å²) in [7, 11) is -1.86. The van der Waals surface area contributed by atoms with Gasteiger partial charge >= 0.3 is 0 Å². The fourth-order valence-electron chi connectivity index (χ4n) is 3.50. The van der Waals surface area contributed by atoms with Gasteiger partial charge in [0, 0.05) is 43.6 Å². The number of carbonyl (C=O) groups excluding carboxylic acids is 1. The molecule has 0 aliphatic carbocycles. The Hall–Kier alpha value is -2.72. The van der Waals surface area contributed by atoms with Crippen LogP contribution >= 0.6 is 0 Å². The summed E-state index contributed by atoms with van der Waals surface area (Å²) >= 11 is 0. The maximum absolute atomic E-state index is 13.6. The van der Waals surface area contributed by atoms with Gasteiger partial charge < -0.3 is 15.1 Å². The minimum Gasteiger partial charge on any atom is -0.369 e. The van der Waals surface area contributed by atoms with Gasteiger partial charge in [0.1, 0.15) is 6.04 Å². The number of hydrogen-bond donors (Lipinski definition) is 1. The number of sulfonamides is 1. The molecule has 1 N–H and O–H groups in total. The van der Waals surface area contributed by atoms with Crippen molar-refractivity contribution in [3.63, 3.8) is 0 Å². The van der Waals surface area contributed by atoms with Crippen LogP contribution in [0.3, 0.4) is 0 Å². The zero-order chi connectivity index (χ0) is 22.8. The highest BCUT2D eigenvalue weighted by Gasteiger charge is 2.30. The van der Waals surface area contributed by atoms with Crippen molar-refractivity contribution in [1.82, 2.24) is 4.90 Å². The van der Waals surface area contributed by atoms with Crippen LogP contribution < -0.4 is 14.5 Å². The van der Waals surface area contributed by atoms with E-state index in [1.165, 1.54) is 6.92 Å². The van der Waals surface area contributed by atoms with Gasteiger partial charge in [-0.1, -0.05) is 0 Å². The maximum Gasteiger partial charge on any atom is 0.247 e. The van der Waals surface area contributed by atoms with Gasteiger partial charge in [-0.15, -0.1) is 0 Å². The molecule has 1 amide bonds. The number of carbonyl (C=O) groups is 1. The second kappa shape index (κ2) is 9.19. The molecule has 1 aliphatic heterocycles. The minimum absolute atomic E-state index is 0.130. The number of anilines is 3. The number of piperazine rings is 1. The number of likely N-dealkylation sites (N-methyl/N-ethyl adjacent to an activating group) is 1. The Morgan fingerprint density at radius 3 is 2.19 bits per heavy atom. The summed E-state index contributed by atoms with van der Waals surface area (Å²) < 4.78 is 52.3. The van der Waals surface area contributed by atoms with Crippen LogP contribution in [0.1, 0.15) is 6.92 Å². The van der Waals surface area contributed by atoms with Crippen LogP contribution in [-0.4, -0.2) is 64.7 Å². The minimum atomic E-state index is -3.94. The highest BCUT2D eigenvalue weighted by molar-refractivity contribution is 7.92. The van der Waals surface area contributed by atoms with Crippen LogP contribution in [-0.2, 0) is 14.8 Å². The van der Waals surface area contributed by atoms with E-state index in [4.69, 9.17) is 0 Å². The third-order valence-corrected chi connectivity index (χ3v) is 6.49. The summed E-state index contributed by atoms with van der Waals surface area (Å²) in [6.07, 6.45) is 0.906. The quantitative estimate of drug-likeness (QED) is 0.729. The summed E-state index contributed by atoms with van der Waals surface area (Å²) in [5.74, 6) is -2.89. The topological polar surface area (TPSA) is 73.0 Å².